The molecule has 0 aliphatic carbocycles. The predicted molar refractivity (Wildman–Crippen MR) is 102 cm³/mol. The van der Waals surface area contributed by atoms with Crippen molar-refractivity contribution in [3.63, 3.8) is 0 Å². The van der Waals surface area contributed by atoms with Crippen LogP contribution in [0.15, 0.2) is 0 Å². The lowest BCUT2D eigenvalue weighted by Gasteiger charge is -2.24. The summed E-state index contributed by atoms with van der Waals surface area (Å²) in [6.45, 7) is 0.384. The normalized spacial score (nSPS) is 15.9. The SMILES string of the molecule is CC(O)C(N)C(=O)NC(CCC(N)=O)C(=O)NC(CO)C(=O)NC(CS)C(=O)O. The van der Waals surface area contributed by atoms with Crippen molar-refractivity contribution in [1.29, 1.82) is 0 Å². The van der Waals surface area contributed by atoms with E-state index in [2.05, 4.69) is 28.6 Å². The summed E-state index contributed by atoms with van der Waals surface area (Å²) < 4.78 is 0. The van der Waals surface area contributed by atoms with Gasteiger partial charge in [-0.2, -0.15) is 12.6 Å². The molecule has 5 atom stereocenters. The molecule has 13 nitrogen and oxygen atoms in total. The maximum atomic E-state index is 12.4. The predicted octanol–water partition coefficient (Wildman–Crippen LogP) is -4.58. The highest BCUT2D eigenvalue weighted by molar-refractivity contribution is 7.80. The summed E-state index contributed by atoms with van der Waals surface area (Å²) in [5, 5.41) is 34.1. The van der Waals surface area contributed by atoms with Gasteiger partial charge < -0.3 is 42.7 Å². The van der Waals surface area contributed by atoms with Crippen LogP contribution < -0.4 is 27.4 Å². The molecule has 0 aromatic carbocycles. The van der Waals surface area contributed by atoms with Crippen LogP contribution in [0.5, 0.6) is 0 Å². The van der Waals surface area contributed by atoms with Gasteiger partial charge in [-0.25, -0.2) is 4.79 Å². The van der Waals surface area contributed by atoms with Crippen LogP contribution in [0.2, 0.25) is 0 Å². The molecule has 0 bridgehead atoms. The molecular formula is C15H27N5O8S. The molecule has 14 heteroatoms. The lowest BCUT2D eigenvalue weighted by molar-refractivity contribution is -0.142. The third kappa shape index (κ3) is 9.56. The molecule has 0 saturated heterocycles. The van der Waals surface area contributed by atoms with Crippen LogP contribution in [-0.2, 0) is 24.0 Å². The first-order valence-corrected chi connectivity index (χ1v) is 9.15. The topological polar surface area (TPSA) is 234 Å². The van der Waals surface area contributed by atoms with Gasteiger partial charge in [0.05, 0.1) is 12.7 Å². The van der Waals surface area contributed by atoms with Crippen molar-refractivity contribution in [1.82, 2.24) is 16.0 Å². The van der Waals surface area contributed by atoms with E-state index in [0.717, 1.165) is 0 Å². The molecule has 0 aromatic heterocycles. The van der Waals surface area contributed by atoms with E-state index in [1.54, 1.807) is 0 Å². The van der Waals surface area contributed by atoms with Gasteiger partial charge in [0.1, 0.15) is 24.2 Å². The summed E-state index contributed by atoms with van der Waals surface area (Å²) in [5.41, 5.74) is 10.5. The summed E-state index contributed by atoms with van der Waals surface area (Å²) in [6, 6.07) is -5.61. The zero-order valence-corrected chi connectivity index (χ0v) is 16.6. The zero-order valence-electron chi connectivity index (χ0n) is 15.7. The van der Waals surface area contributed by atoms with Crippen molar-refractivity contribution in [2.24, 2.45) is 11.5 Å². The number of hydrogen-bond donors (Lipinski definition) is 9. The maximum Gasteiger partial charge on any atom is 0.327 e. The van der Waals surface area contributed by atoms with Crippen LogP contribution in [0.1, 0.15) is 19.8 Å². The molecule has 166 valence electrons. The number of thiol groups is 1. The Morgan fingerprint density at radius 2 is 1.45 bits per heavy atom. The molecule has 0 saturated carbocycles. The zero-order chi connectivity index (χ0) is 22.7. The van der Waals surface area contributed by atoms with Gasteiger partial charge in [0, 0.05) is 12.2 Å². The third-order valence-electron chi connectivity index (χ3n) is 3.75. The largest absolute Gasteiger partial charge is 0.480 e. The molecule has 0 heterocycles. The fourth-order valence-electron chi connectivity index (χ4n) is 1.97. The average molecular weight is 437 g/mol. The fraction of sp³-hybridized carbons (Fsp3) is 0.667. The van der Waals surface area contributed by atoms with Crippen LogP contribution in [0.25, 0.3) is 0 Å². The molecule has 4 amide bonds. The van der Waals surface area contributed by atoms with E-state index in [0.29, 0.717) is 0 Å². The number of carboxylic acids is 1. The van der Waals surface area contributed by atoms with E-state index in [9.17, 15) is 34.2 Å². The first kappa shape index (κ1) is 26.6. The molecule has 0 fully saturated rings. The second-order valence-electron chi connectivity index (χ2n) is 6.16. The van der Waals surface area contributed by atoms with Crippen molar-refractivity contribution in [3.8, 4) is 0 Å². The number of carbonyl (C=O) groups excluding carboxylic acids is 4. The average Bonchev–Trinajstić information content (AvgIpc) is 2.65. The Hall–Kier alpha value is -2.42. The number of amides is 4. The first-order valence-electron chi connectivity index (χ1n) is 8.52. The minimum absolute atomic E-state index is 0.234. The van der Waals surface area contributed by atoms with E-state index in [4.69, 9.17) is 16.6 Å². The monoisotopic (exact) mass is 437 g/mol. The van der Waals surface area contributed by atoms with Crippen molar-refractivity contribution in [3.05, 3.63) is 0 Å². The fourth-order valence-corrected chi connectivity index (χ4v) is 2.21. The molecule has 10 N–H and O–H groups in total. The number of nitrogens with two attached hydrogens (primary N) is 2. The number of hydrogen-bond acceptors (Lipinski definition) is 9. The number of carbonyl (C=O) groups is 5. The van der Waals surface area contributed by atoms with Gasteiger partial charge in [-0.1, -0.05) is 0 Å². The summed E-state index contributed by atoms with van der Waals surface area (Å²) >= 11 is 3.78. The highest BCUT2D eigenvalue weighted by Crippen LogP contribution is 2.01. The van der Waals surface area contributed by atoms with Crippen LogP contribution >= 0.6 is 12.6 Å². The van der Waals surface area contributed by atoms with Gasteiger partial charge in [0.15, 0.2) is 0 Å². The molecule has 0 aliphatic heterocycles. The van der Waals surface area contributed by atoms with Gasteiger partial charge in [-0.05, 0) is 13.3 Å². The Labute approximate surface area is 172 Å². The third-order valence-corrected chi connectivity index (χ3v) is 4.11. The van der Waals surface area contributed by atoms with Crippen LogP contribution in [0, 0.1) is 0 Å². The Morgan fingerprint density at radius 3 is 1.86 bits per heavy atom. The van der Waals surface area contributed by atoms with E-state index in [-0.39, 0.29) is 18.6 Å². The van der Waals surface area contributed by atoms with E-state index in [1.165, 1.54) is 6.92 Å². The van der Waals surface area contributed by atoms with E-state index >= 15 is 0 Å². The number of primary amides is 1. The van der Waals surface area contributed by atoms with Crippen molar-refractivity contribution in [2.75, 3.05) is 12.4 Å². The minimum Gasteiger partial charge on any atom is -0.480 e. The van der Waals surface area contributed by atoms with Gasteiger partial charge in [-0.15, -0.1) is 0 Å². The van der Waals surface area contributed by atoms with Gasteiger partial charge >= 0.3 is 5.97 Å². The molecule has 0 aromatic rings. The highest BCUT2D eigenvalue weighted by atomic mass is 32.1. The number of aliphatic hydroxyl groups is 2. The van der Waals surface area contributed by atoms with Crippen molar-refractivity contribution < 1.29 is 39.3 Å². The number of nitrogens with one attached hydrogen (secondary N) is 3. The Morgan fingerprint density at radius 1 is 0.966 bits per heavy atom. The Kier molecular flexibility index (Phi) is 11.8. The Balaban J connectivity index is 5.23. The number of aliphatic hydroxyl groups excluding tert-OH is 2. The van der Waals surface area contributed by atoms with Crippen molar-refractivity contribution in [2.45, 2.75) is 50.0 Å². The molecule has 0 radical (unpaired) electrons. The van der Waals surface area contributed by atoms with Crippen molar-refractivity contribution >= 4 is 42.2 Å². The highest BCUT2D eigenvalue weighted by Gasteiger charge is 2.30. The molecule has 0 rings (SSSR count). The second-order valence-corrected chi connectivity index (χ2v) is 6.52. The van der Waals surface area contributed by atoms with E-state index < -0.39 is 66.5 Å². The van der Waals surface area contributed by atoms with Crippen LogP contribution in [-0.4, -0.2) is 87.5 Å². The Bertz CT molecular complexity index is 618. The standard InChI is InChI=1S/C15H27N5O8S/c1-6(22)11(17)14(26)18-7(2-3-10(16)23)12(24)19-8(4-21)13(25)20-9(5-29)15(27)28/h6-9,11,21-22,29H,2-5,17H2,1H3,(H2,16,23)(H,18,26)(H,19,24)(H,20,25)(H,27,28). The minimum atomic E-state index is -1.54. The smallest absolute Gasteiger partial charge is 0.327 e. The summed E-state index contributed by atoms with van der Waals surface area (Å²) in [6.07, 6.45) is -1.76. The molecule has 29 heavy (non-hydrogen) atoms. The van der Waals surface area contributed by atoms with Crippen LogP contribution in [0.3, 0.4) is 0 Å². The van der Waals surface area contributed by atoms with Crippen LogP contribution in [0.4, 0.5) is 0 Å². The second kappa shape index (κ2) is 12.9. The number of carboxylic acid groups (broad SMARTS) is 1. The molecule has 0 spiro atoms. The summed E-state index contributed by atoms with van der Waals surface area (Å²) in [5.74, 6) is -5.20. The molecule has 0 aliphatic rings. The number of aliphatic carboxylic acids is 1. The van der Waals surface area contributed by atoms with Gasteiger partial charge in [0.2, 0.25) is 23.6 Å². The maximum absolute atomic E-state index is 12.4. The molecular weight excluding hydrogens is 410 g/mol. The first-order chi connectivity index (χ1) is 13.4. The van der Waals surface area contributed by atoms with Gasteiger partial charge in [0.25, 0.3) is 0 Å². The summed E-state index contributed by atoms with van der Waals surface area (Å²) in [4.78, 5) is 58.5. The lowest BCUT2D eigenvalue weighted by Crippen LogP contribution is -2.59. The molecule has 5 unspecified atom stereocenters. The lowest BCUT2D eigenvalue weighted by atomic mass is 10.1. The van der Waals surface area contributed by atoms with E-state index in [1.807, 2.05) is 0 Å². The summed E-state index contributed by atoms with van der Waals surface area (Å²) in [7, 11) is 0. The quantitative estimate of drug-likeness (QED) is 0.126. The number of rotatable bonds is 13. The van der Waals surface area contributed by atoms with Gasteiger partial charge in [-0.3, -0.25) is 19.2 Å².